The van der Waals surface area contributed by atoms with Gasteiger partial charge in [-0.05, 0) is 36.6 Å². The Balaban J connectivity index is 1.44. The van der Waals surface area contributed by atoms with E-state index in [1.165, 1.54) is 5.56 Å². The van der Waals surface area contributed by atoms with Crippen LogP contribution in [0.4, 0.5) is 0 Å². The van der Waals surface area contributed by atoms with Gasteiger partial charge < -0.3 is 9.47 Å². The van der Waals surface area contributed by atoms with Gasteiger partial charge in [0.1, 0.15) is 11.9 Å². The van der Waals surface area contributed by atoms with Gasteiger partial charge in [-0.3, -0.25) is 9.36 Å². The van der Waals surface area contributed by atoms with E-state index in [9.17, 15) is 4.79 Å². The Bertz CT molecular complexity index is 981. The molecule has 27 heavy (non-hydrogen) atoms. The normalized spacial score (nSPS) is 16.4. The zero-order chi connectivity index (χ0) is 18.8. The monoisotopic (exact) mass is 362 g/mol. The van der Waals surface area contributed by atoms with Crippen LogP contribution in [0.3, 0.4) is 0 Å². The summed E-state index contributed by atoms with van der Waals surface area (Å²) in [6.07, 6.45) is 2.15. The first-order chi connectivity index (χ1) is 13.1. The van der Waals surface area contributed by atoms with Gasteiger partial charge in [0.15, 0.2) is 6.10 Å². The first-order valence-electron chi connectivity index (χ1n) is 9.23. The summed E-state index contributed by atoms with van der Waals surface area (Å²) in [5.74, 6) is 0.790. The molecule has 3 aromatic rings. The lowest BCUT2D eigenvalue weighted by atomic mass is 10.1. The average Bonchev–Trinajstić information content (AvgIpc) is 3.11. The van der Waals surface area contributed by atoms with E-state index < -0.39 is 0 Å². The van der Waals surface area contributed by atoms with Gasteiger partial charge in [-0.1, -0.05) is 49.4 Å². The molecule has 1 aliphatic rings. The number of aromatic nitrogens is 2. The first kappa shape index (κ1) is 17.3. The number of hydrogen-bond acceptors (Lipinski definition) is 4. The van der Waals surface area contributed by atoms with Gasteiger partial charge in [-0.15, -0.1) is 0 Å². The quantitative estimate of drug-likeness (QED) is 0.694. The Morgan fingerprint density at radius 3 is 2.56 bits per heavy atom. The third-order valence-electron chi connectivity index (χ3n) is 4.85. The van der Waals surface area contributed by atoms with Crippen LogP contribution >= 0.6 is 0 Å². The molecular weight excluding hydrogens is 340 g/mol. The number of fused-ring (bicyclic) bond motifs is 1. The largest absolute Gasteiger partial charge is 0.487 e. The Kier molecular flexibility index (Phi) is 4.67. The van der Waals surface area contributed by atoms with E-state index in [1.54, 1.807) is 0 Å². The van der Waals surface area contributed by atoms with Gasteiger partial charge in [-0.2, -0.15) is 4.98 Å². The highest BCUT2D eigenvalue weighted by Gasteiger charge is 2.30. The van der Waals surface area contributed by atoms with Crippen LogP contribution in [0.5, 0.6) is 11.8 Å². The molecule has 0 fully saturated rings. The lowest BCUT2D eigenvalue weighted by Crippen LogP contribution is -2.33. The Labute approximate surface area is 158 Å². The van der Waals surface area contributed by atoms with Crippen molar-refractivity contribution in [1.82, 2.24) is 9.55 Å². The molecule has 5 nitrogen and oxygen atoms in total. The maximum absolute atomic E-state index is 11.9. The second-order valence-electron chi connectivity index (χ2n) is 6.73. The SMILES string of the molecule is CCc1cn2c(nc1=O)OC(C(C)Oc1ccc(-c3ccccc3)cc1)C2. The molecule has 4 rings (SSSR count). The fourth-order valence-corrected chi connectivity index (χ4v) is 3.25. The van der Waals surface area contributed by atoms with Crippen LogP contribution in [0, 0.1) is 0 Å². The van der Waals surface area contributed by atoms with E-state index in [1.807, 2.05) is 54.9 Å². The van der Waals surface area contributed by atoms with Gasteiger partial charge in [0, 0.05) is 11.8 Å². The van der Waals surface area contributed by atoms with Crippen molar-refractivity contribution in [2.24, 2.45) is 0 Å². The molecule has 2 unspecified atom stereocenters. The van der Waals surface area contributed by atoms with Crippen molar-refractivity contribution in [2.75, 3.05) is 0 Å². The highest BCUT2D eigenvalue weighted by atomic mass is 16.6. The minimum absolute atomic E-state index is 0.172. The summed E-state index contributed by atoms with van der Waals surface area (Å²) in [5, 5.41) is 0. The zero-order valence-corrected chi connectivity index (χ0v) is 15.5. The van der Waals surface area contributed by atoms with Crippen molar-refractivity contribution >= 4 is 0 Å². The molecule has 1 aliphatic heterocycles. The standard InChI is InChI=1S/C22H22N2O3/c1-3-16-13-24-14-20(27-22(24)23-21(16)25)15(2)26-19-11-9-18(10-12-19)17-7-5-4-6-8-17/h4-13,15,20H,3,14H2,1-2H3. The number of nitrogens with zero attached hydrogens (tertiary/aromatic N) is 2. The number of benzene rings is 2. The third kappa shape index (κ3) is 3.58. The molecule has 0 spiro atoms. The molecule has 138 valence electrons. The van der Waals surface area contributed by atoms with Gasteiger partial charge >= 0.3 is 0 Å². The number of hydrogen-bond donors (Lipinski definition) is 0. The van der Waals surface area contributed by atoms with Crippen LogP contribution in [0.25, 0.3) is 11.1 Å². The van der Waals surface area contributed by atoms with E-state index in [0.29, 0.717) is 24.5 Å². The number of aryl methyl sites for hydroxylation is 1. The van der Waals surface area contributed by atoms with Crippen molar-refractivity contribution in [3.8, 4) is 22.9 Å². The van der Waals surface area contributed by atoms with Crippen LogP contribution in [-0.4, -0.2) is 21.8 Å². The van der Waals surface area contributed by atoms with Crippen molar-refractivity contribution in [2.45, 2.75) is 39.0 Å². The van der Waals surface area contributed by atoms with Gasteiger partial charge in [0.2, 0.25) is 0 Å². The third-order valence-corrected chi connectivity index (χ3v) is 4.85. The minimum atomic E-state index is -0.213. The summed E-state index contributed by atoms with van der Waals surface area (Å²) in [6.45, 7) is 4.55. The molecule has 5 heteroatoms. The van der Waals surface area contributed by atoms with Crippen molar-refractivity contribution in [3.63, 3.8) is 0 Å². The van der Waals surface area contributed by atoms with Crippen LogP contribution in [0.15, 0.2) is 65.6 Å². The molecule has 0 radical (unpaired) electrons. The molecule has 1 aromatic heterocycles. The maximum Gasteiger partial charge on any atom is 0.300 e. The van der Waals surface area contributed by atoms with Crippen molar-refractivity contribution < 1.29 is 9.47 Å². The highest BCUT2D eigenvalue weighted by molar-refractivity contribution is 5.63. The Hall–Kier alpha value is -3.08. The number of ether oxygens (including phenoxy) is 2. The van der Waals surface area contributed by atoms with Crippen LogP contribution in [0.1, 0.15) is 19.4 Å². The summed E-state index contributed by atoms with van der Waals surface area (Å²) in [7, 11) is 0. The second-order valence-corrected chi connectivity index (χ2v) is 6.73. The summed E-state index contributed by atoms with van der Waals surface area (Å²) in [4.78, 5) is 15.9. The lowest BCUT2D eigenvalue weighted by molar-refractivity contribution is 0.0774. The minimum Gasteiger partial charge on any atom is -0.487 e. The van der Waals surface area contributed by atoms with Crippen molar-refractivity contribution in [1.29, 1.82) is 0 Å². The van der Waals surface area contributed by atoms with E-state index >= 15 is 0 Å². The summed E-state index contributed by atoms with van der Waals surface area (Å²) in [6, 6.07) is 18.6. The van der Waals surface area contributed by atoms with Crippen LogP contribution < -0.4 is 15.0 Å². The van der Waals surface area contributed by atoms with Gasteiger partial charge in [-0.25, -0.2) is 0 Å². The second kappa shape index (κ2) is 7.27. The molecule has 0 saturated heterocycles. The smallest absolute Gasteiger partial charge is 0.300 e. The molecule has 0 bridgehead atoms. The highest BCUT2D eigenvalue weighted by Crippen LogP contribution is 2.25. The molecule has 0 amide bonds. The van der Waals surface area contributed by atoms with E-state index in [4.69, 9.17) is 9.47 Å². The summed E-state index contributed by atoms with van der Waals surface area (Å²) >= 11 is 0. The van der Waals surface area contributed by atoms with E-state index in [0.717, 1.165) is 11.3 Å². The predicted octanol–water partition coefficient (Wildman–Crippen LogP) is 3.70. The van der Waals surface area contributed by atoms with Crippen LogP contribution in [0.2, 0.25) is 0 Å². The topological polar surface area (TPSA) is 53.4 Å². The number of rotatable bonds is 5. The van der Waals surface area contributed by atoms with E-state index in [2.05, 4.69) is 29.2 Å². The molecule has 0 N–H and O–H groups in total. The molecule has 2 heterocycles. The Morgan fingerprint density at radius 1 is 1.15 bits per heavy atom. The molecule has 2 atom stereocenters. The summed E-state index contributed by atoms with van der Waals surface area (Å²) in [5.41, 5.74) is 2.81. The van der Waals surface area contributed by atoms with E-state index in [-0.39, 0.29) is 17.8 Å². The van der Waals surface area contributed by atoms with Crippen molar-refractivity contribution in [3.05, 3.63) is 76.7 Å². The Morgan fingerprint density at radius 2 is 1.85 bits per heavy atom. The first-order valence-corrected chi connectivity index (χ1v) is 9.23. The fourth-order valence-electron chi connectivity index (χ4n) is 3.25. The summed E-state index contributed by atoms with van der Waals surface area (Å²) < 4.78 is 13.8. The fraction of sp³-hybridized carbons (Fsp3) is 0.273. The molecule has 0 saturated carbocycles. The van der Waals surface area contributed by atoms with Gasteiger partial charge in [0.25, 0.3) is 11.6 Å². The average molecular weight is 362 g/mol. The molecular formula is C22H22N2O3. The van der Waals surface area contributed by atoms with Crippen LogP contribution in [-0.2, 0) is 13.0 Å². The lowest BCUT2D eigenvalue weighted by Gasteiger charge is -2.20. The van der Waals surface area contributed by atoms with Gasteiger partial charge in [0.05, 0.1) is 6.54 Å². The molecule has 2 aromatic carbocycles. The predicted molar refractivity (Wildman–Crippen MR) is 104 cm³/mol. The molecule has 0 aliphatic carbocycles. The maximum atomic E-state index is 11.9. The zero-order valence-electron chi connectivity index (χ0n) is 15.5.